The molecule has 3 heterocycles. The highest BCUT2D eigenvalue weighted by Crippen LogP contribution is 2.44. The molecule has 0 N–H and O–H groups in total. The van der Waals surface area contributed by atoms with E-state index >= 15 is 0 Å². The van der Waals surface area contributed by atoms with E-state index in [4.69, 9.17) is 13.9 Å². The van der Waals surface area contributed by atoms with Crippen LogP contribution in [0.1, 0.15) is 32.8 Å². The predicted octanol–water partition coefficient (Wildman–Crippen LogP) is 4.56. The van der Waals surface area contributed by atoms with E-state index in [0.717, 1.165) is 28.2 Å². The maximum atomic E-state index is 13.0. The molecule has 5 rings (SSSR count). The molecule has 0 saturated carbocycles. The van der Waals surface area contributed by atoms with E-state index in [-0.39, 0.29) is 5.78 Å². The highest BCUT2D eigenvalue weighted by Gasteiger charge is 2.35. The fourth-order valence-electron chi connectivity index (χ4n) is 3.70. The van der Waals surface area contributed by atoms with Crippen molar-refractivity contribution in [3.8, 4) is 11.5 Å². The molecule has 0 saturated heterocycles. The highest BCUT2D eigenvalue weighted by molar-refractivity contribution is 6.15. The molecule has 5 heteroatoms. The number of ketones is 1. The second-order valence-electron chi connectivity index (χ2n) is 7.06. The summed E-state index contributed by atoms with van der Waals surface area (Å²) in [5.74, 6) is 2.53. The van der Waals surface area contributed by atoms with Gasteiger partial charge in [0.15, 0.2) is 5.76 Å². The number of hydrogen-bond donors (Lipinski definition) is 0. The first kappa shape index (κ1) is 16.8. The number of carbonyl (C=O) groups is 1. The molecule has 0 fully saturated rings. The monoisotopic (exact) mass is 373 g/mol. The van der Waals surface area contributed by atoms with Crippen molar-refractivity contribution < 1.29 is 18.7 Å². The van der Waals surface area contributed by atoms with Crippen LogP contribution in [0, 0.1) is 6.92 Å². The molecule has 0 atom stereocenters. The summed E-state index contributed by atoms with van der Waals surface area (Å²) in [6.45, 7) is 3.65. The van der Waals surface area contributed by atoms with Gasteiger partial charge in [0.1, 0.15) is 24.0 Å². The van der Waals surface area contributed by atoms with Crippen LogP contribution in [-0.2, 0) is 13.1 Å². The lowest BCUT2D eigenvalue weighted by atomic mass is 9.98. The van der Waals surface area contributed by atoms with Crippen molar-refractivity contribution in [2.24, 2.45) is 0 Å². The zero-order valence-electron chi connectivity index (χ0n) is 15.5. The van der Waals surface area contributed by atoms with Crippen molar-refractivity contribution in [3.05, 3.63) is 88.6 Å². The molecule has 0 radical (unpaired) electrons. The zero-order chi connectivity index (χ0) is 19.1. The van der Waals surface area contributed by atoms with Crippen molar-refractivity contribution in [1.29, 1.82) is 0 Å². The minimum atomic E-state index is -0.0812. The average Bonchev–Trinajstić information content (AvgIpc) is 3.32. The third-order valence-electron chi connectivity index (χ3n) is 5.04. The van der Waals surface area contributed by atoms with Crippen molar-refractivity contribution in [1.82, 2.24) is 4.90 Å². The lowest BCUT2D eigenvalue weighted by Crippen LogP contribution is -2.31. The van der Waals surface area contributed by atoms with Gasteiger partial charge in [-0.1, -0.05) is 30.3 Å². The maximum absolute atomic E-state index is 13.0. The molecular formula is C23H19NO4. The summed E-state index contributed by atoms with van der Waals surface area (Å²) in [7, 11) is 0. The van der Waals surface area contributed by atoms with Crippen LogP contribution >= 0.6 is 0 Å². The Morgan fingerprint density at radius 2 is 2.00 bits per heavy atom. The molecule has 0 unspecified atom stereocenters. The average molecular weight is 373 g/mol. The van der Waals surface area contributed by atoms with Gasteiger partial charge in [0.2, 0.25) is 5.78 Å². The lowest BCUT2D eigenvalue weighted by Gasteiger charge is -2.29. The van der Waals surface area contributed by atoms with Crippen LogP contribution in [0.4, 0.5) is 0 Å². The van der Waals surface area contributed by atoms with Crippen LogP contribution in [0.5, 0.6) is 11.5 Å². The van der Waals surface area contributed by atoms with Gasteiger partial charge >= 0.3 is 0 Å². The Labute approximate surface area is 162 Å². The molecule has 140 valence electrons. The fourth-order valence-corrected chi connectivity index (χ4v) is 3.70. The summed E-state index contributed by atoms with van der Waals surface area (Å²) >= 11 is 0. The van der Waals surface area contributed by atoms with Gasteiger partial charge < -0.3 is 13.9 Å². The quantitative estimate of drug-likeness (QED) is 0.630. The first-order chi connectivity index (χ1) is 13.7. The molecule has 28 heavy (non-hydrogen) atoms. The Morgan fingerprint density at radius 3 is 2.79 bits per heavy atom. The van der Waals surface area contributed by atoms with Crippen LogP contribution in [0.3, 0.4) is 0 Å². The van der Waals surface area contributed by atoms with E-state index in [2.05, 4.69) is 4.90 Å². The summed E-state index contributed by atoms with van der Waals surface area (Å²) in [6, 6.07) is 15.5. The number of rotatable bonds is 3. The van der Waals surface area contributed by atoms with Gasteiger partial charge in [0.05, 0.1) is 23.9 Å². The van der Waals surface area contributed by atoms with Gasteiger partial charge in [-0.15, -0.1) is 0 Å². The molecule has 0 amide bonds. The number of furan rings is 1. The minimum absolute atomic E-state index is 0.0812. The number of Topliss-reactive ketones (excluding diaryl/α,β-unsaturated/α-hetero) is 1. The van der Waals surface area contributed by atoms with Gasteiger partial charge in [-0.25, -0.2) is 0 Å². The second kappa shape index (κ2) is 6.69. The van der Waals surface area contributed by atoms with E-state index in [1.54, 1.807) is 12.3 Å². The Morgan fingerprint density at radius 1 is 1.14 bits per heavy atom. The van der Waals surface area contributed by atoms with Crippen LogP contribution in [0.2, 0.25) is 0 Å². The minimum Gasteiger partial charge on any atom is -0.478 e. The summed E-state index contributed by atoms with van der Waals surface area (Å²) in [5.41, 5.74) is 3.34. The van der Waals surface area contributed by atoms with E-state index in [1.165, 1.54) is 0 Å². The largest absolute Gasteiger partial charge is 0.478 e. The lowest BCUT2D eigenvalue weighted by molar-refractivity contribution is 0.0809. The van der Waals surface area contributed by atoms with Gasteiger partial charge in [0.25, 0.3) is 0 Å². The molecule has 5 nitrogen and oxygen atoms in total. The number of aryl methyl sites for hydroxylation is 1. The normalized spacial score (nSPS) is 17.2. The third kappa shape index (κ3) is 2.90. The first-order valence-electron chi connectivity index (χ1n) is 9.22. The van der Waals surface area contributed by atoms with Crippen LogP contribution < -0.4 is 9.47 Å². The SMILES string of the molecule is Cc1cc2c(c3c1C(=O)/C(=C/c1ccccc1)O3)CN(Cc1ccco1)CO2. The van der Waals surface area contributed by atoms with E-state index in [0.29, 0.717) is 36.9 Å². The zero-order valence-corrected chi connectivity index (χ0v) is 15.5. The maximum Gasteiger partial charge on any atom is 0.232 e. The molecule has 2 aliphatic rings. The van der Waals surface area contributed by atoms with Crippen molar-refractivity contribution >= 4 is 11.9 Å². The number of nitrogens with zero attached hydrogens (tertiary/aromatic N) is 1. The van der Waals surface area contributed by atoms with Gasteiger partial charge in [-0.3, -0.25) is 9.69 Å². The van der Waals surface area contributed by atoms with Crippen molar-refractivity contribution in [2.75, 3.05) is 6.73 Å². The topological polar surface area (TPSA) is 51.9 Å². The Balaban J connectivity index is 1.49. The third-order valence-corrected chi connectivity index (χ3v) is 5.04. The summed E-state index contributed by atoms with van der Waals surface area (Å²) < 4.78 is 17.5. The fraction of sp³-hybridized carbons (Fsp3) is 0.174. The van der Waals surface area contributed by atoms with Gasteiger partial charge in [0, 0.05) is 6.54 Å². The van der Waals surface area contributed by atoms with Crippen LogP contribution in [-0.4, -0.2) is 17.4 Å². The van der Waals surface area contributed by atoms with E-state index in [9.17, 15) is 4.79 Å². The molecular weight excluding hydrogens is 354 g/mol. The highest BCUT2D eigenvalue weighted by atomic mass is 16.5. The Kier molecular flexibility index (Phi) is 4.02. The molecule has 1 aromatic heterocycles. The van der Waals surface area contributed by atoms with Gasteiger partial charge in [-0.2, -0.15) is 0 Å². The molecule has 3 aromatic rings. The molecule has 2 aromatic carbocycles. The molecule has 0 aliphatic carbocycles. The number of ether oxygens (including phenoxy) is 2. The smallest absolute Gasteiger partial charge is 0.232 e. The summed E-state index contributed by atoms with van der Waals surface area (Å²) in [6.07, 6.45) is 3.45. The predicted molar refractivity (Wildman–Crippen MR) is 104 cm³/mol. The van der Waals surface area contributed by atoms with E-state index in [1.807, 2.05) is 55.5 Å². The number of hydrogen-bond acceptors (Lipinski definition) is 5. The van der Waals surface area contributed by atoms with Crippen LogP contribution in [0.25, 0.3) is 6.08 Å². The summed E-state index contributed by atoms with van der Waals surface area (Å²) in [5, 5.41) is 0. The number of benzene rings is 2. The molecule has 0 spiro atoms. The number of fused-ring (bicyclic) bond motifs is 3. The molecule has 2 aliphatic heterocycles. The van der Waals surface area contributed by atoms with E-state index < -0.39 is 0 Å². The summed E-state index contributed by atoms with van der Waals surface area (Å²) in [4.78, 5) is 15.1. The van der Waals surface area contributed by atoms with Crippen molar-refractivity contribution in [3.63, 3.8) is 0 Å². The Hall–Kier alpha value is -3.31. The van der Waals surface area contributed by atoms with Gasteiger partial charge in [-0.05, 0) is 42.3 Å². The second-order valence-corrected chi connectivity index (χ2v) is 7.06. The molecule has 0 bridgehead atoms. The standard InChI is InChI=1S/C23H19NO4/c1-15-10-19-18(13-24(14-27-19)12-17-8-5-9-26-17)23-21(15)22(25)20(28-23)11-16-6-3-2-4-7-16/h2-11H,12-14H2,1H3/b20-11-. The number of allylic oxidation sites excluding steroid dienone is 1. The van der Waals surface area contributed by atoms with Crippen molar-refractivity contribution in [2.45, 2.75) is 20.0 Å². The van der Waals surface area contributed by atoms with Crippen LogP contribution in [0.15, 0.2) is 65.0 Å². The first-order valence-corrected chi connectivity index (χ1v) is 9.22. The Bertz CT molecular complexity index is 1070. The number of carbonyl (C=O) groups excluding carboxylic acids is 1.